The molecule has 0 atom stereocenters. The topological polar surface area (TPSA) is 64.5 Å². The van der Waals surface area contributed by atoms with Crippen LogP contribution < -0.4 is 9.64 Å². The first-order chi connectivity index (χ1) is 8.10. The number of carbonyl (C=O) groups is 1. The Hall–Kier alpha value is -1.85. The Morgan fingerprint density at radius 2 is 2.06 bits per heavy atom. The molecule has 0 fully saturated rings. The molecule has 0 aliphatic heterocycles. The molecule has 6 heteroatoms. The SMILES string of the molecule is CCOC(=O)c1cnc(N(C)C)nc1OCC. The maximum absolute atomic E-state index is 11.6. The lowest BCUT2D eigenvalue weighted by Gasteiger charge is -2.13. The molecule has 17 heavy (non-hydrogen) atoms. The van der Waals surface area contributed by atoms with Gasteiger partial charge in [-0.1, -0.05) is 0 Å². The minimum atomic E-state index is -0.471. The van der Waals surface area contributed by atoms with Gasteiger partial charge in [0.25, 0.3) is 0 Å². The average Bonchev–Trinajstić information content (AvgIpc) is 2.29. The third-order valence-corrected chi connectivity index (χ3v) is 1.92. The molecule has 6 nitrogen and oxygen atoms in total. The van der Waals surface area contributed by atoms with Crippen LogP contribution in [0.2, 0.25) is 0 Å². The van der Waals surface area contributed by atoms with Crippen molar-refractivity contribution >= 4 is 11.9 Å². The zero-order chi connectivity index (χ0) is 12.8. The number of nitrogens with zero attached hydrogens (tertiary/aromatic N) is 3. The number of rotatable bonds is 5. The van der Waals surface area contributed by atoms with Crippen molar-refractivity contribution < 1.29 is 14.3 Å². The van der Waals surface area contributed by atoms with Crippen molar-refractivity contribution in [1.82, 2.24) is 9.97 Å². The number of anilines is 1. The Labute approximate surface area is 101 Å². The lowest BCUT2D eigenvalue weighted by Crippen LogP contribution is -2.16. The summed E-state index contributed by atoms with van der Waals surface area (Å²) in [5.74, 6) is 0.271. The zero-order valence-corrected chi connectivity index (χ0v) is 10.6. The minimum Gasteiger partial charge on any atom is -0.477 e. The first-order valence-corrected chi connectivity index (χ1v) is 5.44. The van der Waals surface area contributed by atoms with E-state index >= 15 is 0 Å². The summed E-state index contributed by atoms with van der Waals surface area (Å²) in [6.07, 6.45) is 1.42. The highest BCUT2D eigenvalue weighted by Crippen LogP contribution is 2.18. The van der Waals surface area contributed by atoms with Gasteiger partial charge in [-0.15, -0.1) is 0 Å². The first-order valence-electron chi connectivity index (χ1n) is 5.44. The fourth-order valence-corrected chi connectivity index (χ4v) is 1.17. The van der Waals surface area contributed by atoms with Gasteiger partial charge in [0.2, 0.25) is 11.8 Å². The largest absolute Gasteiger partial charge is 0.477 e. The van der Waals surface area contributed by atoms with E-state index in [0.29, 0.717) is 19.2 Å². The van der Waals surface area contributed by atoms with Gasteiger partial charge >= 0.3 is 5.97 Å². The number of esters is 1. The lowest BCUT2D eigenvalue weighted by molar-refractivity contribution is 0.0520. The second-order valence-electron chi connectivity index (χ2n) is 3.44. The Kier molecular flexibility index (Phi) is 4.68. The molecule has 1 aromatic heterocycles. The van der Waals surface area contributed by atoms with Crippen LogP contribution in [-0.4, -0.2) is 43.2 Å². The van der Waals surface area contributed by atoms with Gasteiger partial charge in [0.15, 0.2) is 0 Å². The van der Waals surface area contributed by atoms with Crippen molar-refractivity contribution in [2.24, 2.45) is 0 Å². The number of ether oxygens (including phenoxy) is 2. The van der Waals surface area contributed by atoms with Gasteiger partial charge in [0.05, 0.1) is 19.4 Å². The van der Waals surface area contributed by atoms with E-state index in [2.05, 4.69) is 9.97 Å². The molecule has 0 saturated heterocycles. The van der Waals surface area contributed by atoms with Gasteiger partial charge < -0.3 is 14.4 Å². The van der Waals surface area contributed by atoms with Crippen molar-refractivity contribution in [3.05, 3.63) is 11.8 Å². The van der Waals surface area contributed by atoms with E-state index in [4.69, 9.17) is 9.47 Å². The predicted octanol–water partition coefficient (Wildman–Crippen LogP) is 1.12. The number of carbonyl (C=O) groups excluding carboxylic acids is 1. The molecule has 1 heterocycles. The number of hydrogen-bond donors (Lipinski definition) is 0. The van der Waals surface area contributed by atoms with Crippen LogP contribution in [0.3, 0.4) is 0 Å². The first kappa shape index (κ1) is 13.2. The maximum atomic E-state index is 11.6. The normalized spacial score (nSPS) is 9.88. The van der Waals surface area contributed by atoms with Crippen molar-refractivity contribution in [3.63, 3.8) is 0 Å². The molecular weight excluding hydrogens is 222 g/mol. The highest BCUT2D eigenvalue weighted by molar-refractivity contribution is 5.91. The third-order valence-electron chi connectivity index (χ3n) is 1.92. The molecule has 0 amide bonds. The van der Waals surface area contributed by atoms with Crippen LogP contribution in [0.4, 0.5) is 5.95 Å². The van der Waals surface area contributed by atoms with Crippen molar-refractivity contribution in [2.75, 3.05) is 32.2 Å². The number of hydrogen-bond acceptors (Lipinski definition) is 6. The maximum Gasteiger partial charge on any atom is 0.345 e. The van der Waals surface area contributed by atoms with Crippen molar-refractivity contribution in [1.29, 1.82) is 0 Å². The fraction of sp³-hybridized carbons (Fsp3) is 0.545. The Balaban J connectivity index is 3.07. The third kappa shape index (κ3) is 3.30. The summed E-state index contributed by atoms with van der Waals surface area (Å²) in [5, 5.41) is 0. The van der Waals surface area contributed by atoms with Gasteiger partial charge in [-0.2, -0.15) is 4.98 Å². The molecule has 0 aromatic carbocycles. The quantitative estimate of drug-likeness (QED) is 0.717. The van der Waals surface area contributed by atoms with Gasteiger partial charge in [-0.3, -0.25) is 0 Å². The summed E-state index contributed by atoms with van der Waals surface area (Å²) in [7, 11) is 3.63. The van der Waals surface area contributed by atoms with E-state index in [9.17, 15) is 4.79 Å². The molecular formula is C11H17N3O3. The van der Waals surface area contributed by atoms with Crippen molar-refractivity contribution in [2.45, 2.75) is 13.8 Å². The predicted molar refractivity (Wildman–Crippen MR) is 63.5 cm³/mol. The van der Waals surface area contributed by atoms with Gasteiger partial charge in [0.1, 0.15) is 5.56 Å². The second kappa shape index (κ2) is 6.03. The van der Waals surface area contributed by atoms with E-state index < -0.39 is 5.97 Å². The van der Waals surface area contributed by atoms with E-state index in [1.807, 2.05) is 21.0 Å². The van der Waals surface area contributed by atoms with Crippen LogP contribution in [0, 0.1) is 0 Å². The molecule has 1 rings (SSSR count). The molecule has 0 saturated carbocycles. The smallest absolute Gasteiger partial charge is 0.345 e. The summed E-state index contributed by atoms with van der Waals surface area (Å²) in [6.45, 7) is 4.30. The van der Waals surface area contributed by atoms with Gasteiger partial charge in [0, 0.05) is 14.1 Å². The van der Waals surface area contributed by atoms with E-state index in [-0.39, 0.29) is 11.4 Å². The molecule has 94 valence electrons. The molecule has 0 radical (unpaired) electrons. The average molecular weight is 239 g/mol. The number of aromatic nitrogens is 2. The lowest BCUT2D eigenvalue weighted by atomic mass is 10.3. The Morgan fingerprint density at radius 1 is 1.35 bits per heavy atom. The van der Waals surface area contributed by atoms with Gasteiger partial charge in [-0.25, -0.2) is 9.78 Å². The van der Waals surface area contributed by atoms with Crippen LogP contribution in [0.25, 0.3) is 0 Å². The van der Waals surface area contributed by atoms with E-state index in [1.165, 1.54) is 6.20 Å². The Morgan fingerprint density at radius 3 is 2.59 bits per heavy atom. The van der Waals surface area contributed by atoms with Crippen LogP contribution in [0.5, 0.6) is 5.88 Å². The minimum absolute atomic E-state index is 0.249. The summed E-state index contributed by atoms with van der Waals surface area (Å²) in [4.78, 5) is 21.6. The summed E-state index contributed by atoms with van der Waals surface area (Å²) >= 11 is 0. The molecule has 0 spiro atoms. The summed E-state index contributed by atoms with van der Waals surface area (Å²) in [6, 6.07) is 0. The van der Waals surface area contributed by atoms with E-state index in [1.54, 1.807) is 11.8 Å². The van der Waals surface area contributed by atoms with Crippen LogP contribution >= 0.6 is 0 Å². The molecule has 0 N–H and O–H groups in total. The highest BCUT2D eigenvalue weighted by atomic mass is 16.5. The summed E-state index contributed by atoms with van der Waals surface area (Å²) in [5.41, 5.74) is 0.249. The Bertz CT molecular complexity index is 394. The molecule has 0 aliphatic rings. The highest BCUT2D eigenvalue weighted by Gasteiger charge is 2.17. The molecule has 1 aromatic rings. The monoisotopic (exact) mass is 239 g/mol. The zero-order valence-electron chi connectivity index (χ0n) is 10.6. The molecule has 0 bridgehead atoms. The van der Waals surface area contributed by atoms with Crippen LogP contribution in [0.1, 0.15) is 24.2 Å². The van der Waals surface area contributed by atoms with Crippen LogP contribution in [0.15, 0.2) is 6.20 Å². The van der Waals surface area contributed by atoms with Gasteiger partial charge in [-0.05, 0) is 13.8 Å². The summed E-state index contributed by atoms with van der Waals surface area (Å²) < 4.78 is 10.2. The molecule has 0 aliphatic carbocycles. The van der Waals surface area contributed by atoms with Crippen LogP contribution in [-0.2, 0) is 4.74 Å². The fourth-order valence-electron chi connectivity index (χ4n) is 1.17. The standard InChI is InChI=1S/C11H17N3O3/c1-5-16-9-8(10(15)17-6-2)7-12-11(13-9)14(3)4/h7H,5-6H2,1-4H3. The van der Waals surface area contributed by atoms with Crippen molar-refractivity contribution in [3.8, 4) is 5.88 Å². The van der Waals surface area contributed by atoms with E-state index in [0.717, 1.165) is 0 Å². The molecule has 0 unspecified atom stereocenters. The second-order valence-corrected chi connectivity index (χ2v) is 3.44.